The van der Waals surface area contributed by atoms with Gasteiger partial charge in [-0.25, -0.2) is 0 Å². The molecule has 8 heteroatoms. The van der Waals surface area contributed by atoms with E-state index in [4.69, 9.17) is 21.3 Å². The Labute approximate surface area is 108 Å². The van der Waals surface area contributed by atoms with E-state index in [0.29, 0.717) is 12.4 Å². The fourth-order valence-corrected chi connectivity index (χ4v) is 2.91. The maximum absolute atomic E-state index is 11.2. The van der Waals surface area contributed by atoms with Crippen molar-refractivity contribution in [2.45, 2.75) is 25.4 Å². The van der Waals surface area contributed by atoms with E-state index >= 15 is 0 Å². The zero-order valence-electron chi connectivity index (χ0n) is 9.63. The van der Waals surface area contributed by atoms with E-state index in [0.717, 1.165) is 6.42 Å². The maximum atomic E-state index is 11.2. The Balaban J connectivity index is 3.60. The molecule has 0 saturated carbocycles. The van der Waals surface area contributed by atoms with E-state index in [1.165, 1.54) is 21.6 Å². The van der Waals surface area contributed by atoms with Crippen molar-refractivity contribution in [2.75, 3.05) is 18.1 Å². The number of carboxylic acid groups (broad SMARTS) is 1. The second-order valence-corrected chi connectivity index (χ2v) is 5.84. The normalized spacial score (nSPS) is 14.1. The van der Waals surface area contributed by atoms with Gasteiger partial charge in [-0.3, -0.25) is 9.59 Å². The van der Waals surface area contributed by atoms with Gasteiger partial charge in [0.05, 0.1) is 6.61 Å². The minimum absolute atomic E-state index is 0.275. The summed E-state index contributed by atoms with van der Waals surface area (Å²) in [5.41, 5.74) is 10.9. The molecule has 0 aliphatic carbocycles. The van der Waals surface area contributed by atoms with Gasteiger partial charge in [-0.1, -0.05) is 28.5 Å². The van der Waals surface area contributed by atoms with Crippen LogP contribution in [0.3, 0.4) is 0 Å². The largest absolute Gasteiger partial charge is 0.480 e. The highest BCUT2D eigenvalue weighted by Gasteiger charge is 2.16. The SMILES string of the molecule is CCCOC(=O)[C@H](N)CSSC[C@@H](N)C(=O)O. The molecule has 0 rings (SSSR count). The zero-order valence-corrected chi connectivity index (χ0v) is 11.3. The molecule has 0 spiro atoms. The van der Waals surface area contributed by atoms with Gasteiger partial charge >= 0.3 is 11.9 Å². The lowest BCUT2D eigenvalue weighted by Crippen LogP contribution is -2.35. The van der Waals surface area contributed by atoms with Crippen molar-refractivity contribution in [1.29, 1.82) is 0 Å². The van der Waals surface area contributed by atoms with Gasteiger partial charge in [0.1, 0.15) is 12.1 Å². The Morgan fingerprint density at radius 3 is 2.24 bits per heavy atom. The molecule has 0 aliphatic heterocycles. The molecule has 0 unspecified atom stereocenters. The average Bonchev–Trinajstić information content (AvgIpc) is 2.30. The first-order valence-electron chi connectivity index (χ1n) is 5.14. The predicted molar refractivity (Wildman–Crippen MR) is 69.8 cm³/mol. The highest BCUT2D eigenvalue weighted by atomic mass is 33.1. The maximum Gasteiger partial charge on any atom is 0.323 e. The van der Waals surface area contributed by atoms with Crippen molar-refractivity contribution in [3.05, 3.63) is 0 Å². The van der Waals surface area contributed by atoms with Crippen molar-refractivity contribution >= 4 is 33.5 Å². The standard InChI is InChI=1S/C9H18N2O4S2/c1-2-3-15-9(14)7(11)5-17-16-4-6(10)8(12)13/h6-7H,2-5,10-11H2,1H3,(H,12,13)/t6-,7-/m1/s1. The third-order valence-electron chi connectivity index (χ3n) is 1.65. The van der Waals surface area contributed by atoms with Gasteiger partial charge in [0.2, 0.25) is 0 Å². The number of nitrogens with two attached hydrogens (primary N) is 2. The fraction of sp³-hybridized carbons (Fsp3) is 0.778. The van der Waals surface area contributed by atoms with Crippen LogP contribution in [0.25, 0.3) is 0 Å². The minimum atomic E-state index is -1.04. The van der Waals surface area contributed by atoms with Crippen LogP contribution in [-0.4, -0.2) is 47.2 Å². The molecule has 0 amide bonds. The molecule has 0 heterocycles. The van der Waals surface area contributed by atoms with E-state index < -0.39 is 24.0 Å². The first-order valence-corrected chi connectivity index (χ1v) is 7.62. The molecule has 0 aromatic rings. The van der Waals surface area contributed by atoms with Gasteiger partial charge in [0.15, 0.2) is 0 Å². The number of hydrogen-bond acceptors (Lipinski definition) is 7. The molecule has 0 fully saturated rings. The van der Waals surface area contributed by atoms with E-state index in [2.05, 4.69) is 0 Å². The van der Waals surface area contributed by atoms with Crippen molar-refractivity contribution in [3.63, 3.8) is 0 Å². The Bertz CT molecular complexity index is 253. The number of hydrogen-bond donors (Lipinski definition) is 3. The molecule has 0 aromatic heterocycles. The van der Waals surface area contributed by atoms with Crippen molar-refractivity contribution in [2.24, 2.45) is 11.5 Å². The van der Waals surface area contributed by atoms with Crippen LogP contribution >= 0.6 is 21.6 Å². The Morgan fingerprint density at radius 1 is 1.24 bits per heavy atom. The summed E-state index contributed by atoms with van der Waals surface area (Å²) in [6.45, 7) is 2.27. The fourth-order valence-electron chi connectivity index (χ4n) is 0.692. The number of carboxylic acids is 1. The van der Waals surface area contributed by atoms with Crippen LogP contribution in [0.5, 0.6) is 0 Å². The molecule has 0 saturated heterocycles. The molecule has 5 N–H and O–H groups in total. The van der Waals surface area contributed by atoms with Crippen LogP contribution < -0.4 is 11.5 Å². The van der Waals surface area contributed by atoms with Gasteiger partial charge in [-0.05, 0) is 6.42 Å². The summed E-state index contributed by atoms with van der Waals surface area (Å²) >= 11 is 0. The molecular formula is C9H18N2O4S2. The molecule has 17 heavy (non-hydrogen) atoms. The summed E-state index contributed by atoms with van der Waals surface area (Å²) in [7, 11) is 2.60. The van der Waals surface area contributed by atoms with Crippen LogP contribution in [-0.2, 0) is 14.3 Å². The third-order valence-corrected chi connectivity index (χ3v) is 4.12. The lowest BCUT2D eigenvalue weighted by atomic mass is 10.4. The molecule has 6 nitrogen and oxygen atoms in total. The van der Waals surface area contributed by atoms with Crippen molar-refractivity contribution in [1.82, 2.24) is 0 Å². The predicted octanol–water partition coefficient (Wildman–Crippen LogP) is 0.0602. The van der Waals surface area contributed by atoms with E-state index in [9.17, 15) is 9.59 Å². The summed E-state index contributed by atoms with van der Waals surface area (Å²) < 4.78 is 4.86. The molecule has 0 radical (unpaired) electrons. The summed E-state index contributed by atoms with van der Waals surface area (Å²) in [4.78, 5) is 21.7. The topological polar surface area (TPSA) is 116 Å². The lowest BCUT2D eigenvalue weighted by molar-refractivity contribution is -0.144. The third kappa shape index (κ3) is 8.31. The van der Waals surface area contributed by atoms with Gasteiger partial charge in [0.25, 0.3) is 0 Å². The lowest BCUT2D eigenvalue weighted by Gasteiger charge is -2.10. The summed E-state index contributed by atoms with van der Waals surface area (Å²) in [6, 6.07) is -1.57. The highest BCUT2D eigenvalue weighted by molar-refractivity contribution is 8.76. The van der Waals surface area contributed by atoms with Crippen molar-refractivity contribution in [3.8, 4) is 0 Å². The number of carbonyl (C=O) groups is 2. The summed E-state index contributed by atoms with van der Waals surface area (Å²) in [5.74, 6) is -0.816. The number of aliphatic carboxylic acids is 1. The smallest absolute Gasteiger partial charge is 0.323 e. The Kier molecular flexibility index (Phi) is 9.33. The van der Waals surface area contributed by atoms with Crippen molar-refractivity contribution < 1.29 is 19.4 Å². The molecule has 100 valence electrons. The number of rotatable bonds is 9. The Hall–Kier alpha value is -0.440. The monoisotopic (exact) mass is 282 g/mol. The highest BCUT2D eigenvalue weighted by Crippen LogP contribution is 2.22. The second-order valence-electron chi connectivity index (χ2n) is 3.29. The van der Waals surface area contributed by atoms with Crippen LogP contribution in [0.4, 0.5) is 0 Å². The second kappa shape index (κ2) is 9.58. The quantitative estimate of drug-likeness (QED) is 0.309. The van der Waals surface area contributed by atoms with E-state index in [1.807, 2.05) is 6.92 Å². The average molecular weight is 282 g/mol. The van der Waals surface area contributed by atoms with Gasteiger partial charge < -0.3 is 21.3 Å². The molecular weight excluding hydrogens is 264 g/mol. The molecule has 0 aromatic carbocycles. The first-order chi connectivity index (χ1) is 7.99. The van der Waals surface area contributed by atoms with E-state index in [-0.39, 0.29) is 5.75 Å². The molecule has 0 aliphatic rings. The zero-order chi connectivity index (χ0) is 13.3. The summed E-state index contributed by atoms with van der Waals surface area (Å²) in [5, 5.41) is 8.53. The first kappa shape index (κ1) is 16.6. The minimum Gasteiger partial charge on any atom is -0.480 e. The van der Waals surface area contributed by atoms with Crippen LogP contribution in [0.2, 0.25) is 0 Å². The van der Waals surface area contributed by atoms with Gasteiger partial charge in [-0.15, -0.1) is 0 Å². The number of ether oxygens (including phenoxy) is 1. The number of esters is 1. The van der Waals surface area contributed by atoms with Crippen LogP contribution in [0.1, 0.15) is 13.3 Å². The van der Waals surface area contributed by atoms with Crippen LogP contribution in [0.15, 0.2) is 0 Å². The summed E-state index contributed by atoms with van der Waals surface area (Å²) in [6.07, 6.45) is 0.758. The Morgan fingerprint density at radius 2 is 1.76 bits per heavy atom. The van der Waals surface area contributed by atoms with Crippen LogP contribution in [0, 0.1) is 0 Å². The molecule has 2 atom stereocenters. The van der Waals surface area contributed by atoms with Gasteiger partial charge in [-0.2, -0.15) is 0 Å². The van der Waals surface area contributed by atoms with Gasteiger partial charge in [0, 0.05) is 11.5 Å². The number of carbonyl (C=O) groups excluding carboxylic acids is 1. The van der Waals surface area contributed by atoms with E-state index in [1.54, 1.807) is 0 Å². The molecule has 0 bridgehead atoms.